The van der Waals surface area contributed by atoms with Gasteiger partial charge >= 0.3 is 5.97 Å². The van der Waals surface area contributed by atoms with E-state index in [0.717, 1.165) is 0 Å². The summed E-state index contributed by atoms with van der Waals surface area (Å²) in [4.78, 5) is 11.8. The van der Waals surface area contributed by atoms with Gasteiger partial charge in [-0.05, 0) is 41.0 Å². The normalized spacial score (nSPS) is 15.8. The molecule has 0 radical (unpaired) electrons. The minimum atomic E-state index is -3.25. The molecule has 0 aliphatic rings. The average molecular weight is 276 g/mol. The molecule has 0 aromatic rings. The highest BCUT2D eigenvalue weighted by atomic mass is 32.2. The molecule has 0 saturated carbocycles. The van der Waals surface area contributed by atoms with E-state index in [1.165, 1.54) is 6.08 Å². The van der Waals surface area contributed by atoms with Crippen molar-refractivity contribution < 1.29 is 17.9 Å². The Morgan fingerprint density at radius 3 is 2.11 bits per heavy atom. The second-order valence-corrected chi connectivity index (χ2v) is 8.39. The van der Waals surface area contributed by atoms with Gasteiger partial charge in [0.2, 0.25) is 0 Å². The van der Waals surface area contributed by atoms with Gasteiger partial charge in [0, 0.05) is 0 Å². The third kappa shape index (κ3) is 4.12. The highest BCUT2D eigenvalue weighted by Crippen LogP contribution is 2.28. The van der Waals surface area contributed by atoms with Crippen LogP contribution in [0.5, 0.6) is 0 Å². The van der Waals surface area contributed by atoms with Gasteiger partial charge in [0.05, 0.1) is 22.5 Å². The quantitative estimate of drug-likeness (QED) is 0.552. The Hall–Kier alpha value is -0.840. The Bertz CT molecular complexity index is 403. The zero-order chi connectivity index (χ0) is 14.6. The Balaban J connectivity index is 4.88. The third-order valence-electron chi connectivity index (χ3n) is 3.02. The number of carbonyl (C=O) groups excluding carboxylic acids is 1. The highest BCUT2D eigenvalue weighted by Gasteiger charge is 2.36. The van der Waals surface area contributed by atoms with Crippen molar-refractivity contribution in [2.75, 3.05) is 12.4 Å². The molecule has 1 unspecified atom stereocenters. The van der Waals surface area contributed by atoms with Gasteiger partial charge in [-0.25, -0.2) is 8.42 Å². The molecule has 0 fully saturated rings. The predicted octanol–water partition coefficient (Wildman–Crippen LogP) is 2.35. The Kier molecular flexibility index (Phi) is 5.59. The summed E-state index contributed by atoms with van der Waals surface area (Å²) in [6.07, 6.45) is 1.65. The van der Waals surface area contributed by atoms with Crippen molar-refractivity contribution in [2.45, 2.75) is 45.8 Å². The van der Waals surface area contributed by atoms with Crippen LogP contribution in [0.4, 0.5) is 0 Å². The maximum Gasteiger partial charge on any atom is 0.315 e. The fraction of sp³-hybridized carbons (Fsp3) is 0.769. The molecule has 0 saturated heterocycles. The summed E-state index contributed by atoms with van der Waals surface area (Å²) in [6, 6.07) is 0. The monoisotopic (exact) mass is 276 g/mol. The molecular weight excluding hydrogens is 252 g/mol. The molecule has 4 nitrogen and oxygen atoms in total. The number of hydrogen-bond donors (Lipinski definition) is 0. The Labute approximate surface area is 110 Å². The first-order valence-electron chi connectivity index (χ1n) is 6.03. The van der Waals surface area contributed by atoms with Crippen LogP contribution < -0.4 is 0 Å². The molecule has 5 heteroatoms. The zero-order valence-electron chi connectivity index (χ0n) is 11.9. The average Bonchev–Trinajstić information content (AvgIpc) is 2.24. The van der Waals surface area contributed by atoms with Gasteiger partial charge in [0.15, 0.2) is 9.84 Å². The fourth-order valence-corrected chi connectivity index (χ4v) is 2.54. The summed E-state index contributed by atoms with van der Waals surface area (Å²) >= 11 is 0. The van der Waals surface area contributed by atoms with Crippen molar-refractivity contribution >= 4 is 15.8 Å². The molecule has 0 aliphatic heterocycles. The van der Waals surface area contributed by atoms with E-state index < -0.39 is 26.0 Å². The molecule has 0 rings (SSSR count). The minimum Gasteiger partial charge on any atom is -0.465 e. The van der Waals surface area contributed by atoms with E-state index in [0.29, 0.717) is 0 Å². The van der Waals surface area contributed by atoms with Gasteiger partial charge in [-0.2, -0.15) is 0 Å². The number of carbonyl (C=O) groups is 1. The number of esters is 1. The van der Waals surface area contributed by atoms with Crippen molar-refractivity contribution in [1.29, 1.82) is 0 Å². The number of sulfone groups is 1. The summed E-state index contributed by atoms with van der Waals surface area (Å²) in [5.74, 6) is -0.484. The van der Waals surface area contributed by atoms with Gasteiger partial charge in [0.25, 0.3) is 0 Å². The van der Waals surface area contributed by atoms with E-state index in [9.17, 15) is 13.2 Å². The summed E-state index contributed by atoms with van der Waals surface area (Å²) in [5, 5.41) is 0. The van der Waals surface area contributed by atoms with E-state index in [1.54, 1.807) is 34.6 Å². The van der Waals surface area contributed by atoms with Gasteiger partial charge in [-0.3, -0.25) is 4.79 Å². The van der Waals surface area contributed by atoms with Crippen molar-refractivity contribution in [3.63, 3.8) is 0 Å². The fourth-order valence-electron chi connectivity index (χ4n) is 1.24. The van der Waals surface area contributed by atoms with Gasteiger partial charge in [0.1, 0.15) is 0 Å². The predicted molar refractivity (Wildman–Crippen MR) is 73.1 cm³/mol. The molecule has 1 atom stereocenters. The van der Waals surface area contributed by atoms with Crippen LogP contribution in [0.3, 0.4) is 0 Å². The summed E-state index contributed by atoms with van der Waals surface area (Å²) in [7, 11) is -3.25. The van der Waals surface area contributed by atoms with Crippen LogP contribution in [0.2, 0.25) is 0 Å². The molecular formula is C13H24O4S. The second kappa shape index (κ2) is 5.87. The van der Waals surface area contributed by atoms with Gasteiger partial charge < -0.3 is 4.74 Å². The van der Waals surface area contributed by atoms with Crippen molar-refractivity contribution in [1.82, 2.24) is 0 Å². The molecule has 106 valence electrons. The lowest BCUT2D eigenvalue weighted by atomic mass is 9.88. The van der Waals surface area contributed by atoms with Crippen LogP contribution in [0, 0.1) is 5.41 Å². The molecule has 0 aromatic heterocycles. The van der Waals surface area contributed by atoms with E-state index >= 15 is 0 Å². The number of ether oxygens (including phenoxy) is 1. The van der Waals surface area contributed by atoms with Gasteiger partial charge in [-0.1, -0.05) is 6.08 Å². The summed E-state index contributed by atoms with van der Waals surface area (Å²) < 4.78 is 28.1. The van der Waals surface area contributed by atoms with Gasteiger partial charge in [-0.15, -0.1) is 6.58 Å². The number of hydrogen-bond acceptors (Lipinski definition) is 4. The van der Waals surface area contributed by atoms with Crippen molar-refractivity contribution in [3.05, 3.63) is 12.7 Å². The lowest BCUT2D eigenvalue weighted by Gasteiger charge is -2.26. The standard InChI is InChI=1S/C13H24O4S/c1-7-13(6,11(14)17-8-2)9-10-18(15,16)12(3,4)5/h7H,1,8-10H2,2-6H3. The molecule has 0 aromatic carbocycles. The summed E-state index contributed by atoms with van der Waals surface area (Å²) in [5.41, 5.74) is -0.950. The second-order valence-electron chi connectivity index (χ2n) is 5.52. The van der Waals surface area contributed by atoms with Crippen LogP contribution in [0.15, 0.2) is 12.7 Å². The smallest absolute Gasteiger partial charge is 0.315 e. The molecule has 18 heavy (non-hydrogen) atoms. The molecule has 0 amide bonds. The maximum atomic E-state index is 12.0. The zero-order valence-corrected chi connectivity index (χ0v) is 12.8. The third-order valence-corrected chi connectivity index (χ3v) is 5.62. The van der Waals surface area contributed by atoms with Crippen LogP contribution in [-0.4, -0.2) is 31.5 Å². The van der Waals surface area contributed by atoms with E-state index in [2.05, 4.69) is 6.58 Å². The van der Waals surface area contributed by atoms with Crippen LogP contribution in [0.1, 0.15) is 41.0 Å². The molecule has 0 bridgehead atoms. The minimum absolute atomic E-state index is 0.0577. The first kappa shape index (κ1) is 17.2. The summed E-state index contributed by atoms with van der Waals surface area (Å²) in [6.45, 7) is 12.2. The van der Waals surface area contributed by atoms with Crippen molar-refractivity contribution in [3.8, 4) is 0 Å². The lowest BCUT2D eigenvalue weighted by Crippen LogP contribution is -2.35. The first-order valence-corrected chi connectivity index (χ1v) is 7.68. The molecule has 0 heterocycles. The first-order chi connectivity index (χ1) is 8.00. The van der Waals surface area contributed by atoms with Crippen LogP contribution >= 0.6 is 0 Å². The Morgan fingerprint density at radius 2 is 1.78 bits per heavy atom. The largest absolute Gasteiger partial charge is 0.465 e. The van der Waals surface area contributed by atoms with E-state index in [1.807, 2.05) is 0 Å². The van der Waals surface area contributed by atoms with E-state index in [-0.39, 0.29) is 18.8 Å². The molecule has 0 aliphatic carbocycles. The van der Waals surface area contributed by atoms with Crippen molar-refractivity contribution in [2.24, 2.45) is 5.41 Å². The maximum absolute atomic E-state index is 12.0. The lowest BCUT2D eigenvalue weighted by molar-refractivity contribution is -0.151. The Morgan fingerprint density at radius 1 is 1.28 bits per heavy atom. The SMILES string of the molecule is C=CC(C)(CCS(=O)(=O)C(C)(C)C)C(=O)OCC. The molecule has 0 spiro atoms. The van der Waals surface area contributed by atoms with E-state index in [4.69, 9.17) is 4.74 Å². The topological polar surface area (TPSA) is 60.4 Å². The molecule has 0 N–H and O–H groups in total. The number of rotatable bonds is 6. The van der Waals surface area contributed by atoms with Crippen LogP contribution in [-0.2, 0) is 19.4 Å². The van der Waals surface area contributed by atoms with Crippen LogP contribution in [0.25, 0.3) is 0 Å². The highest BCUT2D eigenvalue weighted by molar-refractivity contribution is 7.92.